The number of rotatable bonds is 12. The Morgan fingerprint density at radius 3 is 2.21 bits per heavy atom. The number of ether oxygens (including phenoxy) is 2. The van der Waals surface area contributed by atoms with E-state index in [1.54, 1.807) is 0 Å². The second-order valence-corrected chi connectivity index (χ2v) is 7.24. The van der Waals surface area contributed by atoms with E-state index < -0.39 is 6.16 Å². The van der Waals surface area contributed by atoms with Crippen molar-refractivity contribution < 1.29 is 14.3 Å². The van der Waals surface area contributed by atoms with Crippen molar-refractivity contribution in [3.8, 4) is 5.75 Å². The minimum Gasteiger partial charge on any atom is -0.434 e. The van der Waals surface area contributed by atoms with Crippen LogP contribution in [0.3, 0.4) is 0 Å². The SMILES string of the molecule is CCCCCc1cccc(OC(=O)OCCc2ccccc2)c1CCCCC. The van der Waals surface area contributed by atoms with Crippen LogP contribution in [0.5, 0.6) is 5.75 Å². The molecule has 0 atom stereocenters. The van der Waals surface area contributed by atoms with Gasteiger partial charge in [0.2, 0.25) is 0 Å². The maximum absolute atomic E-state index is 12.2. The van der Waals surface area contributed by atoms with E-state index in [9.17, 15) is 4.79 Å². The lowest BCUT2D eigenvalue weighted by molar-refractivity contribution is 0.0997. The molecule has 28 heavy (non-hydrogen) atoms. The molecule has 0 amide bonds. The zero-order valence-electron chi connectivity index (χ0n) is 17.4. The molecule has 2 aromatic rings. The van der Waals surface area contributed by atoms with Crippen molar-refractivity contribution in [2.75, 3.05) is 6.61 Å². The molecule has 0 saturated carbocycles. The Hall–Kier alpha value is -2.29. The van der Waals surface area contributed by atoms with Gasteiger partial charge < -0.3 is 9.47 Å². The van der Waals surface area contributed by atoms with Gasteiger partial charge in [-0.25, -0.2) is 4.79 Å². The van der Waals surface area contributed by atoms with Gasteiger partial charge in [0, 0.05) is 6.42 Å². The molecule has 0 aliphatic heterocycles. The smallest absolute Gasteiger partial charge is 0.434 e. The van der Waals surface area contributed by atoms with E-state index in [4.69, 9.17) is 9.47 Å². The van der Waals surface area contributed by atoms with Crippen LogP contribution in [0.1, 0.15) is 69.1 Å². The molecule has 0 saturated heterocycles. The van der Waals surface area contributed by atoms with Crippen LogP contribution in [-0.2, 0) is 24.0 Å². The van der Waals surface area contributed by atoms with Crippen LogP contribution in [0.25, 0.3) is 0 Å². The predicted octanol–water partition coefficient (Wildman–Crippen LogP) is 6.91. The first-order chi connectivity index (χ1) is 13.7. The predicted molar refractivity (Wildman–Crippen MR) is 115 cm³/mol. The van der Waals surface area contributed by atoms with Crippen molar-refractivity contribution in [1.82, 2.24) is 0 Å². The van der Waals surface area contributed by atoms with Crippen molar-refractivity contribution in [3.05, 3.63) is 65.2 Å². The Kier molecular flexibility index (Phi) is 10.2. The fourth-order valence-electron chi connectivity index (χ4n) is 3.36. The van der Waals surface area contributed by atoms with E-state index in [1.807, 2.05) is 42.5 Å². The average molecular weight is 383 g/mol. The van der Waals surface area contributed by atoms with Crippen molar-refractivity contribution in [2.45, 2.75) is 71.6 Å². The molecule has 0 aliphatic carbocycles. The molecule has 0 fully saturated rings. The molecule has 0 N–H and O–H groups in total. The summed E-state index contributed by atoms with van der Waals surface area (Å²) in [4.78, 5) is 12.2. The Balaban J connectivity index is 1.96. The molecule has 0 unspecified atom stereocenters. The number of carbonyl (C=O) groups is 1. The Bertz CT molecular complexity index is 694. The lowest BCUT2D eigenvalue weighted by Crippen LogP contribution is -2.14. The molecule has 0 radical (unpaired) electrons. The summed E-state index contributed by atoms with van der Waals surface area (Å²) in [5.41, 5.74) is 3.62. The van der Waals surface area contributed by atoms with Crippen LogP contribution >= 0.6 is 0 Å². The number of hydrogen-bond donors (Lipinski definition) is 0. The number of benzene rings is 2. The minimum absolute atomic E-state index is 0.324. The summed E-state index contributed by atoms with van der Waals surface area (Å²) in [6.07, 6.45) is 9.13. The van der Waals surface area contributed by atoms with Crippen molar-refractivity contribution in [1.29, 1.82) is 0 Å². The van der Waals surface area contributed by atoms with E-state index in [1.165, 1.54) is 43.2 Å². The maximum Gasteiger partial charge on any atom is 0.513 e. The quantitative estimate of drug-likeness (QED) is 0.227. The van der Waals surface area contributed by atoms with Crippen LogP contribution in [0.15, 0.2) is 48.5 Å². The lowest BCUT2D eigenvalue weighted by atomic mass is 9.96. The third-order valence-corrected chi connectivity index (χ3v) is 4.96. The van der Waals surface area contributed by atoms with Crippen LogP contribution < -0.4 is 4.74 Å². The van der Waals surface area contributed by atoms with E-state index in [0.717, 1.165) is 24.8 Å². The van der Waals surface area contributed by atoms with E-state index >= 15 is 0 Å². The number of carbonyl (C=O) groups excluding carboxylic acids is 1. The summed E-state index contributed by atoms with van der Waals surface area (Å²) in [5.74, 6) is 0.662. The monoisotopic (exact) mass is 382 g/mol. The van der Waals surface area contributed by atoms with Gasteiger partial charge in [0.05, 0.1) is 6.61 Å². The molecular formula is C25H34O3. The van der Waals surface area contributed by atoms with Crippen LogP contribution in [0.2, 0.25) is 0 Å². The van der Waals surface area contributed by atoms with Gasteiger partial charge in [-0.05, 0) is 48.4 Å². The fraction of sp³-hybridized carbons (Fsp3) is 0.480. The second-order valence-electron chi connectivity index (χ2n) is 7.24. The first kappa shape index (κ1) is 22.0. The largest absolute Gasteiger partial charge is 0.513 e. The third kappa shape index (κ3) is 7.75. The molecule has 0 spiro atoms. The second kappa shape index (κ2) is 13.0. The Labute approximate surface area is 170 Å². The highest BCUT2D eigenvalue weighted by molar-refractivity contribution is 5.65. The highest BCUT2D eigenvalue weighted by Gasteiger charge is 2.14. The van der Waals surface area contributed by atoms with Gasteiger partial charge in [-0.15, -0.1) is 0 Å². The van der Waals surface area contributed by atoms with E-state index in [2.05, 4.69) is 19.9 Å². The Morgan fingerprint density at radius 1 is 0.786 bits per heavy atom. The average Bonchev–Trinajstić information content (AvgIpc) is 2.71. The molecule has 152 valence electrons. The van der Waals surface area contributed by atoms with E-state index in [0.29, 0.717) is 18.8 Å². The van der Waals surface area contributed by atoms with Gasteiger partial charge in [-0.3, -0.25) is 0 Å². The topological polar surface area (TPSA) is 35.5 Å². The van der Waals surface area contributed by atoms with Crippen LogP contribution in [0.4, 0.5) is 4.79 Å². The summed E-state index contributed by atoms with van der Waals surface area (Å²) >= 11 is 0. The molecule has 0 aliphatic rings. The normalized spacial score (nSPS) is 10.6. The number of aryl methyl sites for hydroxylation is 1. The summed E-state index contributed by atoms with van der Waals surface area (Å²) in [6.45, 7) is 4.74. The summed E-state index contributed by atoms with van der Waals surface area (Å²) in [6, 6.07) is 16.1. The van der Waals surface area contributed by atoms with Gasteiger partial charge in [0.1, 0.15) is 5.75 Å². The standard InChI is InChI=1S/C25H34O3/c1-3-5-8-15-22-16-12-18-24(23(22)17-9-6-4-2)28-25(26)27-20-19-21-13-10-7-11-14-21/h7,10-14,16,18H,3-6,8-9,15,17,19-20H2,1-2H3. The highest BCUT2D eigenvalue weighted by atomic mass is 16.7. The number of hydrogen-bond acceptors (Lipinski definition) is 3. The summed E-state index contributed by atoms with van der Waals surface area (Å²) in [7, 11) is 0. The molecule has 3 heteroatoms. The van der Waals surface area contributed by atoms with E-state index in [-0.39, 0.29) is 0 Å². The van der Waals surface area contributed by atoms with Gasteiger partial charge in [0.25, 0.3) is 0 Å². The summed E-state index contributed by atoms with van der Waals surface area (Å²) in [5, 5.41) is 0. The molecule has 3 nitrogen and oxygen atoms in total. The minimum atomic E-state index is -0.613. The first-order valence-electron chi connectivity index (χ1n) is 10.7. The van der Waals surface area contributed by atoms with Crippen molar-refractivity contribution in [2.24, 2.45) is 0 Å². The summed E-state index contributed by atoms with van der Waals surface area (Å²) < 4.78 is 10.9. The molecule has 0 bridgehead atoms. The molecule has 2 rings (SSSR count). The first-order valence-corrected chi connectivity index (χ1v) is 10.7. The van der Waals surface area contributed by atoms with Gasteiger partial charge in [0.15, 0.2) is 0 Å². The zero-order chi connectivity index (χ0) is 20.0. The van der Waals surface area contributed by atoms with Gasteiger partial charge in [-0.2, -0.15) is 0 Å². The fourth-order valence-corrected chi connectivity index (χ4v) is 3.36. The number of unbranched alkanes of at least 4 members (excludes halogenated alkanes) is 4. The van der Waals surface area contributed by atoms with Crippen LogP contribution in [-0.4, -0.2) is 12.8 Å². The molecule has 0 heterocycles. The lowest BCUT2D eigenvalue weighted by Gasteiger charge is -2.15. The molecular weight excluding hydrogens is 348 g/mol. The maximum atomic E-state index is 12.2. The third-order valence-electron chi connectivity index (χ3n) is 4.96. The van der Waals surface area contributed by atoms with Crippen molar-refractivity contribution >= 4 is 6.16 Å². The molecule has 2 aromatic carbocycles. The van der Waals surface area contributed by atoms with Crippen LogP contribution in [0, 0.1) is 0 Å². The zero-order valence-corrected chi connectivity index (χ0v) is 17.4. The van der Waals surface area contributed by atoms with Crippen molar-refractivity contribution in [3.63, 3.8) is 0 Å². The highest BCUT2D eigenvalue weighted by Crippen LogP contribution is 2.27. The van der Waals surface area contributed by atoms with Gasteiger partial charge >= 0.3 is 6.16 Å². The molecule has 0 aromatic heterocycles. The Morgan fingerprint density at radius 2 is 1.50 bits per heavy atom. The van der Waals surface area contributed by atoms with Gasteiger partial charge in [-0.1, -0.05) is 82.0 Å².